The minimum Gasteiger partial charge on any atom is -0.361 e. The van der Waals surface area contributed by atoms with Crippen molar-refractivity contribution in [1.82, 2.24) is 4.90 Å². The molecule has 1 heterocycles. The molecule has 1 atom stereocenters. The molecular formula is C24H21Cl3N2O. The minimum absolute atomic E-state index is 0.0401. The van der Waals surface area contributed by atoms with E-state index in [9.17, 15) is 4.79 Å². The third kappa shape index (κ3) is 4.81. The Hall–Kier alpha value is -2.04. The van der Waals surface area contributed by atoms with Gasteiger partial charge < -0.3 is 4.90 Å². The summed E-state index contributed by atoms with van der Waals surface area (Å²) in [6.45, 7) is 2.60. The molecule has 6 heteroatoms. The second kappa shape index (κ2) is 9.40. The third-order valence-corrected chi connectivity index (χ3v) is 6.19. The Labute approximate surface area is 191 Å². The number of hydrogen-bond donors (Lipinski definition) is 0. The van der Waals surface area contributed by atoms with Gasteiger partial charge in [0.05, 0.1) is 23.3 Å². The van der Waals surface area contributed by atoms with E-state index < -0.39 is 0 Å². The molecule has 1 aliphatic rings. The van der Waals surface area contributed by atoms with Gasteiger partial charge in [0.2, 0.25) is 0 Å². The molecule has 0 saturated carbocycles. The Morgan fingerprint density at radius 1 is 0.867 bits per heavy atom. The van der Waals surface area contributed by atoms with Gasteiger partial charge in [-0.15, -0.1) is 0 Å². The fraction of sp³-hybridized carbons (Fsp3) is 0.208. The fourth-order valence-electron chi connectivity index (χ4n) is 3.87. The molecule has 154 valence electrons. The van der Waals surface area contributed by atoms with Gasteiger partial charge in [-0.25, -0.2) is 0 Å². The van der Waals surface area contributed by atoms with E-state index in [1.165, 1.54) is 0 Å². The zero-order valence-corrected chi connectivity index (χ0v) is 18.5. The Morgan fingerprint density at radius 2 is 1.57 bits per heavy atom. The molecule has 3 aromatic carbocycles. The predicted octanol–water partition coefficient (Wildman–Crippen LogP) is 6.39. The summed E-state index contributed by atoms with van der Waals surface area (Å²) >= 11 is 18.7. The van der Waals surface area contributed by atoms with Crippen LogP contribution in [-0.4, -0.2) is 36.9 Å². The van der Waals surface area contributed by atoms with Gasteiger partial charge in [0.25, 0.3) is 0 Å². The summed E-state index contributed by atoms with van der Waals surface area (Å²) in [5, 5.41) is 1.93. The Bertz CT molecular complexity index is 1020. The van der Waals surface area contributed by atoms with E-state index in [0.29, 0.717) is 28.2 Å². The summed E-state index contributed by atoms with van der Waals surface area (Å²) in [4.78, 5) is 17.2. The number of rotatable bonds is 5. The van der Waals surface area contributed by atoms with Gasteiger partial charge in [-0.05, 0) is 35.9 Å². The maximum Gasteiger partial charge on any atom is 0.176 e. The topological polar surface area (TPSA) is 23.6 Å². The second-order valence-electron chi connectivity index (χ2n) is 7.38. The number of carbonyl (C=O) groups excluding carboxylic acids is 1. The van der Waals surface area contributed by atoms with Crippen molar-refractivity contribution in [1.29, 1.82) is 0 Å². The van der Waals surface area contributed by atoms with Gasteiger partial charge in [0.1, 0.15) is 0 Å². The van der Waals surface area contributed by atoms with Crippen LogP contribution in [0.3, 0.4) is 0 Å². The van der Waals surface area contributed by atoms with E-state index in [1.807, 2.05) is 66.7 Å². The number of carbonyl (C=O) groups is 1. The van der Waals surface area contributed by atoms with Gasteiger partial charge >= 0.3 is 0 Å². The summed E-state index contributed by atoms with van der Waals surface area (Å²) < 4.78 is 0. The number of Topliss-reactive ketones (excluding diaryl/α,β-unsaturated/α-hetero) is 1. The van der Waals surface area contributed by atoms with Gasteiger partial charge in [-0.2, -0.15) is 0 Å². The number of halogens is 3. The van der Waals surface area contributed by atoms with Crippen LogP contribution in [0.5, 0.6) is 0 Å². The quantitative estimate of drug-likeness (QED) is 0.413. The molecule has 0 amide bonds. The van der Waals surface area contributed by atoms with Crippen LogP contribution in [0.4, 0.5) is 5.69 Å². The SMILES string of the molecule is O=C(CN1CCN(c2ccc(Cl)cc2Cl)C(c2ccc(Cl)cc2)C1)c1ccccc1. The molecule has 0 aliphatic carbocycles. The van der Waals surface area contributed by atoms with E-state index in [4.69, 9.17) is 34.8 Å². The number of hydrogen-bond acceptors (Lipinski definition) is 3. The van der Waals surface area contributed by atoms with E-state index in [-0.39, 0.29) is 11.8 Å². The highest BCUT2D eigenvalue weighted by Gasteiger charge is 2.30. The van der Waals surface area contributed by atoms with Crippen LogP contribution in [0, 0.1) is 0 Å². The lowest BCUT2D eigenvalue weighted by Gasteiger charge is -2.43. The summed E-state index contributed by atoms with van der Waals surface area (Å²) in [5.74, 6) is 0.128. The van der Waals surface area contributed by atoms with Crippen molar-refractivity contribution in [3.8, 4) is 0 Å². The maximum absolute atomic E-state index is 12.7. The number of ketones is 1. The molecule has 1 aliphatic heterocycles. The zero-order valence-electron chi connectivity index (χ0n) is 16.3. The van der Waals surface area contributed by atoms with Crippen LogP contribution in [-0.2, 0) is 0 Å². The van der Waals surface area contributed by atoms with Crippen LogP contribution in [0.1, 0.15) is 22.0 Å². The lowest BCUT2D eigenvalue weighted by Crippen LogP contribution is -2.50. The van der Waals surface area contributed by atoms with Crippen molar-refractivity contribution in [2.45, 2.75) is 6.04 Å². The van der Waals surface area contributed by atoms with Crippen LogP contribution in [0.2, 0.25) is 15.1 Å². The van der Waals surface area contributed by atoms with Gasteiger partial charge in [-0.1, -0.05) is 77.3 Å². The smallest absolute Gasteiger partial charge is 0.176 e. The molecule has 1 unspecified atom stereocenters. The number of anilines is 1. The Morgan fingerprint density at radius 3 is 2.27 bits per heavy atom. The third-order valence-electron chi connectivity index (χ3n) is 5.40. The minimum atomic E-state index is 0.0401. The highest BCUT2D eigenvalue weighted by atomic mass is 35.5. The normalized spacial score (nSPS) is 17.2. The molecule has 0 radical (unpaired) electrons. The van der Waals surface area contributed by atoms with E-state index in [2.05, 4.69) is 9.80 Å². The Kier molecular flexibility index (Phi) is 6.64. The molecule has 30 heavy (non-hydrogen) atoms. The molecule has 1 saturated heterocycles. The number of piperazine rings is 1. The van der Waals surface area contributed by atoms with Crippen molar-refractivity contribution in [3.05, 3.63) is 99.0 Å². The highest BCUT2D eigenvalue weighted by Crippen LogP contribution is 2.36. The Balaban J connectivity index is 1.60. The van der Waals surface area contributed by atoms with E-state index in [1.54, 1.807) is 6.07 Å². The standard InChI is InChI=1S/C24H21Cl3N2O/c25-19-8-6-17(7-9-19)23-15-28(16-24(30)18-4-2-1-3-5-18)12-13-29(23)22-11-10-20(26)14-21(22)27/h1-11,14,23H,12-13,15-16H2. The van der Waals surface area contributed by atoms with Crippen molar-refractivity contribution in [3.63, 3.8) is 0 Å². The first-order chi connectivity index (χ1) is 14.5. The number of nitrogens with zero attached hydrogens (tertiary/aromatic N) is 2. The first-order valence-electron chi connectivity index (χ1n) is 9.79. The lowest BCUT2D eigenvalue weighted by atomic mass is 10.0. The van der Waals surface area contributed by atoms with Gasteiger partial charge in [0.15, 0.2) is 5.78 Å². The summed E-state index contributed by atoms with van der Waals surface area (Å²) in [6, 6.07) is 22.9. The van der Waals surface area contributed by atoms with Gasteiger partial charge in [0, 0.05) is 35.2 Å². The molecular weight excluding hydrogens is 439 g/mol. The molecule has 0 aromatic heterocycles. The van der Waals surface area contributed by atoms with Gasteiger partial charge in [-0.3, -0.25) is 9.69 Å². The maximum atomic E-state index is 12.7. The molecule has 4 rings (SSSR count). The monoisotopic (exact) mass is 458 g/mol. The molecule has 1 fully saturated rings. The summed E-state index contributed by atoms with van der Waals surface area (Å²) in [6.07, 6.45) is 0. The summed E-state index contributed by atoms with van der Waals surface area (Å²) in [5.41, 5.74) is 2.81. The van der Waals surface area contributed by atoms with Crippen molar-refractivity contribution in [2.75, 3.05) is 31.1 Å². The lowest BCUT2D eigenvalue weighted by molar-refractivity contribution is 0.0914. The predicted molar refractivity (Wildman–Crippen MR) is 125 cm³/mol. The first-order valence-corrected chi connectivity index (χ1v) is 10.9. The first kappa shape index (κ1) is 21.2. The fourth-order valence-corrected chi connectivity index (χ4v) is 4.52. The second-order valence-corrected chi connectivity index (χ2v) is 8.66. The summed E-state index contributed by atoms with van der Waals surface area (Å²) in [7, 11) is 0. The molecule has 3 aromatic rings. The van der Waals surface area contributed by atoms with Crippen LogP contribution in [0.15, 0.2) is 72.8 Å². The van der Waals surface area contributed by atoms with Crippen LogP contribution < -0.4 is 4.90 Å². The average molecular weight is 460 g/mol. The highest BCUT2D eigenvalue weighted by molar-refractivity contribution is 6.36. The molecule has 0 bridgehead atoms. The van der Waals surface area contributed by atoms with E-state index in [0.717, 1.165) is 29.9 Å². The van der Waals surface area contributed by atoms with Crippen molar-refractivity contribution < 1.29 is 4.79 Å². The van der Waals surface area contributed by atoms with Crippen molar-refractivity contribution in [2.24, 2.45) is 0 Å². The van der Waals surface area contributed by atoms with Crippen LogP contribution >= 0.6 is 34.8 Å². The zero-order chi connectivity index (χ0) is 21.1. The molecule has 3 nitrogen and oxygen atoms in total. The molecule has 0 spiro atoms. The average Bonchev–Trinajstić information content (AvgIpc) is 2.75. The van der Waals surface area contributed by atoms with Crippen molar-refractivity contribution >= 4 is 46.3 Å². The van der Waals surface area contributed by atoms with Crippen LogP contribution in [0.25, 0.3) is 0 Å². The number of benzene rings is 3. The molecule has 0 N–H and O–H groups in total. The van der Waals surface area contributed by atoms with E-state index >= 15 is 0 Å². The largest absolute Gasteiger partial charge is 0.361 e.